The Hall–Kier alpha value is -1.10. The van der Waals surface area contributed by atoms with E-state index >= 15 is 0 Å². The van der Waals surface area contributed by atoms with E-state index in [1.165, 1.54) is 6.92 Å². The van der Waals surface area contributed by atoms with E-state index < -0.39 is 11.6 Å². The number of rotatable bonds is 4. The maximum atomic E-state index is 11.8. The number of carbonyl (C=O) groups is 2. The van der Waals surface area contributed by atoms with Crippen LogP contribution >= 0.6 is 0 Å². The van der Waals surface area contributed by atoms with Crippen molar-refractivity contribution in [3.63, 3.8) is 0 Å². The summed E-state index contributed by atoms with van der Waals surface area (Å²) in [4.78, 5) is 24.1. The molecule has 0 spiro atoms. The van der Waals surface area contributed by atoms with Gasteiger partial charge in [-0.1, -0.05) is 13.3 Å². The minimum Gasteiger partial charge on any atom is -0.386 e. The van der Waals surface area contributed by atoms with Gasteiger partial charge in [0.1, 0.15) is 6.04 Å². The van der Waals surface area contributed by atoms with E-state index in [4.69, 9.17) is 0 Å². The molecule has 1 atom stereocenters. The first-order valence-corrected chi connectivity index (χ1v) is 5.66. The van der Waals surface area contributed by atoms with Crippen molar-refractivity contribution in [3.8, 4) is 0 Å². The van der Waals surface area contributed by atoms with Gasteiger partial charge in [-0.15, -0.1) is 0 Å². The Balaban J connectivity index is 2.39. The summed E-state index contributed by atoms with van der Waals surface area (Å²) < 4.78 is 0. The van der Waals surface area contributed by atoms with Gasteiger partial charge in [-0.25, -0.2) is 0 Å². The summed E-state index contributed by atoms with van der Waals surface area (Å²) in [5, 5.41) is 12.5. The first kappa shape index (κ1) is 13.0. The number of aliphatic hydroxyl groups is 1. The Kier molecular flexibility index (Phi) is 3.91. The standard InChI is InChI=1S/C11H20N2O3/c1-4-5-11(16)6-13(7-11)10(15)8(2)12-9(3)14/h8,16H,4-7H2,1-3H3,(H,12,14). The minimum absolute atomic E-state index is 0.129. The minimum atomic E-state index is -0.708. The third kappa shape index (κ3) is 2.95. The van der Waals surface area contributed by atoms with Crippen molar-refractivity contribution in [1.82, 2.24) is 10.2 Å². The van der Waals surface area contributed by atoms with E-state index in [0.29, 0.717) is 19.5 Å². The number of amides is 2. The molecule has 5 nitrogen and oxygen atoms in total. The summed E-state index contributed by atoms with van der Waals surface area (Å²) in [7, 11) is 0. The highest BCUT2D eigenvalue weighted by atomic mass is 16.3. The fourth-order valence-electron chi connectivity index (χ4n) is 2.08. The van der Waals surface area contributed by atoms with Crippen molar-refractivity contribution in [2.24, 2.45) is 0 Å². The fraction of sp³-hybridized carbons (Fsp3) is 0.818. The molecule has 0 aromatic carbocycles. The maximum absolute atomic E-state index is 11.8. The van der Waals surface area contributed by atoms with Crippen LogP contribution in [-0.2, 0) is 9.59 Å². The molecule has 0 saturated carbocycles. The van der Waals surface area contributed by atoms with Gasteiger partial charge in [0.2, 0.25) is 11.8 Å². The topological polar surface area (TPSA) is 69.6 Å². The van der Waals surface area contributed by atoms with Crippen LogP contribution in [0.4, 0.5) is 0 Å². The van der Waals surface area contributed by atoms with E-state index in [-0.39, 0.29) is 11.8 Å². The van der Waals surface area contributed by atoms with Gasteiger partial charge in [0.15, 0.2) is 0 Å². The molecule has 5 heteroatoms. The first-order valence-electron chi connectivity index (χ1n) is 5.66. The van der Waals surface area contributed by atoms with Gasteiger partial charge in [-0.05, 0) is 13.3 Å². The Bertz CT molecular complexity index is 285. The van der Waals surface area contributed by atoms with Crippen molar-refractivity contribution >= 4 is 11.8 Å². The average Bonchev–Trinajstić information content (AvgIpc) is 2.12. The second kappa shape index (κ2) is 4.82. The van der Waals surface area contributed by atoms with Crippen molar-refractivity contribution in [2.45, 2.75) is 45.3 Å². The van der Waals surface area contributed by atoms with Gasteiger partial charge in [-0.3, -0.25) is 9.59 Å². The van der Waals surface area contributed by atoms with E-state index in [0.717, 1.165) is 6.42 Å². The van der Waals surface area contributed by atoms with Crippen LogP contribution in [0.15, 0.2) is 0 Å². The molecule has 0 aliphatic carbocycles. The first-order chi connectivity index (χ1) is 7.38. The summed E-state index contributed by atoms with van der Waals surface area (Å²) >= 11 is 0. The zero-order valence-electron chi connectivity index (χ0n) is 10.1. The van der Waals surface area contributed by atoms with Crippen molar-refractivity contribution < 1.29 is 14.7 Å². The van der Waals surface area contributed by atoms with Gasteiger partial charge in [0.05, 0.1) is 18.7 Å². The molecular formula is C11H20N2O3. The van der Waals surface area contributed by atoms with E-state index in [1.54, 1.807) is 11.8 Å². The predicted octanol–water partition coefficient (Wildman–Crippen LogP) is -0.116. The highest BCUT2D eigenvalue weighted by Gasteiger charge is 2.43. The van der Waals surface area contributed by atoms with Gasteiger partial charge < -0.3 is 15.3 Å². The molecule has 1 rings (SSSR count). The zero-order valence-corrected chi connectivity index (χ0v) is 10.1. The number of nitrogens with one attached hydrogen (secondary N) is 1. The monoisotopic (exact) mass is 228 g/mol. The Morgan fingerprint density at radius 2 is 2.06 bits per heavy atom. The average molecular weight is 228 g/mol. The highest BCUT2D eigenvalue weighted by Crippen LogP contribution is 2.26. The quantitative estimate of drug-likeness (QED) is 0.705. The van der Waals surface area contributed by atoms with Crippen LogP contribution in [0, 0.1) is 0 Å². The largest absolute Gasteiger partial charge is 0.386 e. The number of carbonyl (C=O) groups excluding carboxylic acids is 2. The van der Waals surface area contributed by atoms with E-state index in [9.17, 15) is 14.7 Å². The molecule has 1 fully saturated rings. The lowest BCUT2D eigenvalue weighted by atomic mass is 9.89. The lowest BCUT2D eigenvalue weighted by Gasteiger charge is -2.47. The SMILES string of the molecule is CCCC1(O)CN(C(=O)C(C)NC(C)=O)C1. The molecule has 0 bridgehead atoms. The predicted molar refractivity (Wildman–Crippen MR) is 59.7 cm³/mol. The van der Waals surface area contributed by atoms with Crippen LogP contribution < -0.4 is 5.32 Å². The van der Waals surface area contributed by atoms with Crippen LogP contribution in [0.2, 0.25) is 0 Å². The van der Waals surface area contributed by atoms with Crippen LogP contribution in [0.5, 0.6) is 0 Å². The molecule has 2 N–H and O–H groups in total. The van der Waals surface area contributed by atoms with Crippen molar-refractivity contribution in [3.05, 3.63) is 0 Å². The van der Waals surface area contributed by atoms with Gasteiger partial charge in [0, 0.05) is 6.92 Å². The lowest BCUT2D eigenvalue weighted by molar-refractivity contribution is -0.158. The number of hydrogen-bond donors (Lipinski definition) is 2. The molecule has 16 heavy (non-hydrogen) atoms. The van der Waals surface area contributed by atoms with Crippen LogP contribution in [0.1, 0.15) is 33.6 Å². The fourth-order valence-corrected chi connectivity index (χ4v) is 2.08. The molecule has 1 saturated heterocycles. The highest BCUT2D eigenvalue weighted by molar-refractivity contribution is 5.87. The summed E-state index contributed by atoms with van der Waals surface area (Å²) in [6.07, 6.45) is 1.62. The van der Waals surface area contributed by atoms with Crippen molar-refractivity contribution in [2.75, 3.05) is 13.1 Å². The van der Waals surface area contributed by atoms with E-state index in [1.807, 2.05) is 6.92 Å². The second-order valence-corrected chi connectivity index (χ2v) is 4.59. The Morgan fingerprint density at radius 3 is 2.50 bits per heavy atom. The molecule has 1 heterocycles. The Morgan fingerprint density at radius 1 is 1.50 bits per heavy atom. The molecule has 1 unspecified atom stereocenters. The zero-order chi connectivity index (χ0) is 12.3. The number of likely N-dealkylation sites (tertiary alicyclic amines) is 1. The molecule has 0 radical (unpaired) electrons. The van der Waals surface area contributed by atoms with E-state index in [2.05, 4.69) is 5.32 Å². The van der Waals surface area contributed by atoms with Crippen molar-refractivity contribution in [1.29, 1.82) is 0 Å². The number of nitrogens with zero attached hydrogens (tertiary/aromatic N) is 1. The maximum Gasteiger partial charge on any atom is 0.245 e. The lowest BCUT2D eigenvalue weighted by Crippen LogP contribution is -2.66. The molecular weight excluding hydrogens is 208 g/mol. The second-order valence-electron chi connectivity index (χ2n) is 4.59. The molecule has 0 aromatic rings. The van der Waals surface area contributed by atoms with Crippen LogP contribution in [0.3, 0.4) is 0 Å². The third-order valence-electron chi connectivity index (χ3n) is 2.79. The van der Waals surface area contributed by atoms with Gasteiger partial charge >= 0.3 is 0 Å². The normalized spacial score (nSPS) is 19.9. The summed E-state index contributed by atoms with van der Waals surface area (Å²) in [5.41, 5.74) is -0.708. The number of hydrogen-bond acceptors (Lipinski definition) is 3. The van der Waals surface area contributed by atoms with Gasteiger partial charge in [0.25, 0.3) is 0 Å². The summed E-state index contributed by atoms with van der Waals surface area (Å²) in [6.45, 7) is 5.80. The molecule has 92 valence electrons. The molecule has 1 aliphatic heterocycles. The molecule has 2 amide bonds. The smallest absolute Gasteiger partial charge is 0.245 e. The van der Waals surface area contributed by atoms with Crippen LogP contribution in [0.25, 0.3) is 0 Å². The molecule has 1 aliphatic rings. The number of β-amino-alcohol motifs (C(OH)–C–C–N with tert-alkyl or cyclic N) is 1. The Labute approximate surface area is 95.8 Å². The van der Waals surface area contributed by atoms with Crippen LogP contribution in [-0.4, -0.2) is 46.6 Å². The summed E-state index contributed by atoms with van der Waals surface area (Å²) in [6, 6.07) is -0.510. The van der Waals surface area contributed by atoms with Gasteiger partial charge in [-0.2, -0.15) is 0 Å². The third-order valence-corrected chi connectivity index (χ3v) is 2.79. The molecule has 0 aromatic heterocycles. The summed E-state index contributed by atoms with van der Waals surface area (Å²) in [5.74, 6) is -0.346.